The number of rotatable bonds is 8. The van der Waals surface area contributed by atoms with Crippen LogP contribution in [-0.2, 0) is 10.0 Å². The highest BCUT2D eigenvalue weighted by Crippen LogP contribution is 2.25. The van der Waals surface area contributed by atoms with Gasteiger partial charge in [-0.25, -0.2) is 13.1 Å². The summed E-state index contributed by atoms with van der Waals surface area (Å²) in [5.41, 5.74) is 0. The molecule has 1 atom stereocenters. The monoisotopic (exact) mass is 318 g/mol. The van der Waals surface area contributed by atoms with E-state index < -0.39 is 10.0 Å². The third kappa shape index (κ3) is 5.85. The first-order chi connectivity index (χ1) is 10.1. The van der Waals surface area contributed by atoms with Crippen LogP contribution in [0.25, 0.3) is 0 Å². The molecule has 1 unspecified atom stereocenters. The number of aliphatic hydroxyl groups is 1. The summed E-state index contributed by atoms with van der Waals surface area (Å²) in [6, 6.07) is 0.272. The molecule has 2 rings (SSSR count). The van der Waals surface area contributed by atoms with E-state index in [-0.39, 0.29) is 12.6 Å². The van der Waals surface area contributed by atoms with Crippen LogP contribution in [0.3, 0.4) is 0 Å². The summed E-state index contributed by atoms with van der Waals surface area (Å²) in [5, 5.41) is 9.35. The van der Waals surface area contributed by atoms with Gasteiger partial charge in [0, 0.05) is 12.6 Å². The molecule has 1 saturated heterocycles. The molecule has 6 heteroatoms. The van der Waals surface area contributed by atoms with Crippen molar-refractivity contribution in [3.63, 3.8) is 0 Å². The Hall–Kier alpha value is -0.170. The highest BCUT2D eigenvalue weighted by Gasteiger charge is 2.23. The average molecular weight is 318 g/mol. The second kappa shape index (κ2) is 8.46. The Labute approximate surface area is 129 Å². The number of aliphatic hydroxyl groups excluding tert-OH is 1. The highest BCUT2D eigenvalue weighted by atomic mass is 32.2. The van der Waals surface area contributed by atoms with E-state index in [9.17, 15) is 13.5 Å². The van der Waals surface area contributed by atoms with Gasteiger partial charge in [-0.3, -0.25) is 4.90 Å². The molecule has 2 N–H and O–H groups in total. The van der Waals surface area contributed by atoms with Crippen molar-refractivity contribution in [3.8, 4) is 0 Å². The molecule has 1 aliphatic carbocycles. The number of nitrogens with zero attached hydrogens (tertiary/aromatic N) is 1. The molecule has 0 aromatic carbocycles. The lowest BCUT2D eigenvalue weighted by atomic mass is 10.0. The predicted molar refractivity (Wildman–Crippen MR) is 84.7 cm³/mol. The fourth-order valence-electron chi connectivity index (χ4n) is 3.62. The first kappa shape index (κ1) is 17.2. The lowest BCUT2D eigenvalue weighted by molar-refractivity contribution is 0.0896. The fourth-order valence-corrected chi connectivity index (χ4v) is 5.14. The molecule has 5 nitrogen and oxygen atoms in total. The van der Waals surface area contributed by atoms with E-state index in [1.54, 1.807) is 0 Å². The van der Waals surface area contributed by atoms with Crippen LogP contribution in [0, 0.1) is 5.92 Å². The molecule has 0 aromatic heterocycles. The zero-order valence-electron chi connectivity index (χ0n) is 13.0. The van der Waals surface area contributed by atoms with Crippen LogP contribution < -0.4 is 4.72 Å². The minimum absolute atomic E-state index is 0.216. The predicted octanol–water partition coefficient (Wildman–Crippen LogP) is 1.33. The van der Waals surface area contributed by atoms with Crippen LogP contribution in [0.4, 0.5) is 0 Å². The van der Waals surface area contributed by atoms with E-state index in [0.29, 0.717) is 18.2 Å². The summed E-state index contributed by atoms with van der Waals surface area (Å²) in [6.45, 7) is 2.63. The molecule has 0 amide bonds. The molecule has 1 aliphatic heterocycles. The topological polar surface area (TPSA) is 69.6 Å². The number of nitrogens with one attached hydrogen (secondary N) is 1. The Kier molecular flexibility index (Phi) is 6.92. The number of hydrogen-bond acceptors (Lipinski definition) is 4. The second-order valence-electron chi connectivity index (χ2n) is 6.55. The van der Waals surface area contributed by atoms with Gasteiger partial charge in [-0.2, -0.15) is 0 Å². The van der Waals surface area contributed by atoms with Gasteiger partial charge in [0.25, 0.3) is 0 Å². The minimum atomic E-state index is -3.10. The summed E-state index contributed by atoms with van der Waals surface area (Å²) >= 11 is 0. The Morgan fingerprint density at radius 2 is 1.81 bits per heavy atom. The molecule has 0 aromatic rings. The standard InChI is InChI=1S/C15H30N2O3S/c18-12-15-8-3-4-10-17(15)11-5-9-16-21(19,20)13-14-6-1-2-7-14/h14-16,18H,1-13H2. The van der Waals surface area contributed by atoms with Gasteiger partial charge in [0.2, 0.25) is 10.0 Å². The molecular weight excluding hydrogens is 288 g/mol. The molecule has 1 saturated carbocycles. The first-order valence-electron chi connectivity index (χ1n) is 8.43. The third-order valence-corrected chi connectivity index (χ3v) is 6.39. The van der Waals surface area contributed by atoms with Gasteiger partial charge in [0.15, 0.2) is 0 Å². The number of likely N-dealkylation sites (tertiary alicyclic amines) is 1. The van der Waals surface area contributed by atoms with Crippen molar-refractivity contribution in [2.45, 2.75) is 57.4 Å². The van der Waals surface area contributed by atoms with E-state index in [4.69, 9.17) is 0 Å². The smallest absolute Gasteiger partial charge is 0.211 e. The normalized spacial score (nSPS) is 25.5. The van der Waals surface area contributed by atoms with Crippen molar-refractivity contribution in [1.29, 1.82) is 0 Å². The molecule has 0 radical (unpaired) electrons. The Balaban J connectivity index is 1.63. The first-order valence-corrected chi connectivity index (χ1v) is 10.1. The maximum absolute atomic E-state index is 12.0. The molecule has 2 fully saturated rings. The van der Waals surface area contributed by atoms with Crippen LogP contribution in [0.5, 0.6) is 0 Å². The zero-order valence-corrected chi connectivity index (χ0v) is 13.8. The van der Waals surface area contributed by atoms with Gasteiger partial charge in [-0.1, -0.05) is 19.3 Å². The summed E-state index contributed by atoms with van der Waals surface area (Å²) in [6.07, 6.45) is 8.74. The van der Waals surface area contributed by atoms with Gasteiger partial charge in [0.05, 0.1) is 12.4 Å². The van der Waals surface area contributed by atoms with Crippen LogP contribution in [-0.4, -0.2) is 56.5 Å². The lowest BCUT2D eigenvalue weighted by Gasteiger charge is -2.34. The summed E-state index contributed by atoms with van der Waals surface area (Å²) in [7, 11) is -3.10. The van der Waals surface area contributed by atoms with Crippen molar-refractivity contribution in [2.24, 2.45) is 5.92 Å². The maximum atomic E-state index is 12.0. The van der Waals surface area contributed by atoms with Crippen molar-refractivity contribution in [2.75, 3.05) is 32.0 Å². The zero-order chi connectivity index (χ0) is 15.1. The molecule has 0 spiro atoms. The SMILES string of the molecule is O=S(=O)(CC1CCCC1)NCCCN1CCCCC1CO. The van der Waals surface area contributed by atoms with E-state index in [1.165, 1.54) is 25.7 Å². The number of sulfonamides is 1. The van der Waals surface area contributed by atoms with Crippen LogP contribution in [0.15, 0.2) is 0 Å². The Morgan fingerprint density at radius 3 is 2.52 bits per heavy atom. The fraction of sp³-hybridized carbons (Fsp3) is 1.00. The quantitative estimate of drug-likeness (QED) is 0.663. The Morgan fingerprint density at radius 1 is 1.10 bits per heavy atom. The van der Waals surface area contributed by atoms with Crippen molar-refractivity contribution in [1.82, 2.24) is 9.62 Å². The third-order valence-electron chi connectivity index (χ3n) is 4.83. The lowest BCUT2D eigenvalue weighted by Crippen LogP contribution is -2.43. The molecular formula is C15H30N2O3S. The van der Waals surface area contributed by atoms with E-state index in [1.807, 2.05) is 0 Å². The van der Waals surface area contributed by atoms with Gasteiger partial charge in [-0.15, -0.1) is 0 Å². The van der Waals surface area contributed by atoms with Crippen molar-refractivity contribution < 1.29 is 13.5 Å². The Bertz CT molecular complexity index is 394. The number of piperidine rings is 1. The van der Waals surface area contributed by atoms with Gasteiger partial charge < -0.3 is 5.11 Å². The molecule has 124 valence electrons. The van der Waals surface area contributed by atoms with Crippen LogP contribution >= 0.6 is 0 Å². The van der Waals surface area contributed by atoms with Crippen molar-refractivity contribution in [3.05, 3.63) is 0 Å². The van der Waals surface area contributed by atoms with Gasteiger partial charge in [0.1, 0.15) is 0 Å². The summed E-state index contributed by atoms with van der Waals surface area (Å²) < 4.78 is 26.7. The average Bonchev–Trinajstić information content (AvgIpc) is 2.96. The highest BCUT2D eigenvalue weighted by molar-refractivity contribution is 7.89. The van der Waals surface area contributed by atoms with Crippen LogP contribution in [0.1, 0.15) is 51.4 Å². The van der Waals surface area contributed by atoms with Gasteiger partial charge in [-0.05, 0) is 51.1 Å². The molecule has 21 heavy (non-hydrogen) atoms. The molecule has 2 aliphatic rings. The summed E-state index contributed by atoms with van der Waals surface area (Å²) in [4.78, 5) is 2.30. The molecule has 0 bridgehead atoms. The van der Waals surface area contributed by atoms with E-state index in [0.717, 1.165) is 38.8 Å². The van der Waals surface area contributed by atoms with Crippen LogP contribution in [0.2, 0.25) is 0 Å². The molecule has 1 heterocycles. The minimum Gasteiger partial charge on any atom is -0.395 e. The maximum Gasteiger partial charge on any atom is 0.211 e. The number of hydrogen-bond donors (Lipinski definition) is 2. The van der Waals surface area contributed by atoms with E-state index in [2.05, 4.69) is 9.62 Å². The van der Waals surface area contributed by atoms with Gasteiger partial charge >= 0.3 is 0 Å². The summed E-state index contributed by atoms with van der Waals surface area (Å²) in [5.74, 6) is 0.666. The van der Waals surface area contributed by atoms with E-state index >= 15 is 0 Å². The second-order valence-corrected chi connectivity index (χ2v) is 8.40. The largest absolute Gasteiger partial charge is 0.395 e. The van der Waals surface area contributed by atoms with Crippen molar-refractivity contribution >= 4 is 10.0 Å².